The summed E-state index contributed by atoms with van der Waals surface area (Å²) in [5.74, 6) is -4.75. The van der Waals surface area contributed by atoms with E-state index in [0.29, 0.717) is 11.1 Å². The summed E-state index contributed by atoms with van der Waals surface area (Å²) in [7, 11) is 0. The first-order chi connectivity index (χ1) is 28.2. The number of hydroxylamine groups is 2. The third-order valence-corrected chi connectivity index (χ3v) is 11.8. The number of aliphatic hydroxyl groups is 2. The lowest BCUT2D eigenvalue weighted by molar-refractivity contribution is -0.235. The van der Waals surface area contributed by atoms with Gasteiger partial charge in [0.2, 0.25) is 11.8 Å². The van der Waals surface area contributed by atoms with Gasteiger partial charge in [-0.3, -0.25) is 24.0 Å². The van der Waals surface area contributed by atoms with Crippen molar-refractivity contribution in [3.05, 3.63) is 41.5 Å². The molecular formula is C41H52F3N3O13. The number of esters is 3. The molecule has 9 atom stereocenters. The van der Waals surface area contributed by atoms with E-state index in [1.807, 2.05) is 0 Å². The van der Waals surface area contributed by atoms with Crippen LogP contribution in [0.5, 0.6) is 0 Å². The fourth-order valence-electron chi connectivity index (χ4n) is 8.81. The topological polar surface area (TPSA) is 208 Å². The second-order valence-corrected chi connectivity index (χ2v) is 17.7. The fraction of sp³-hybridized carbons (Fsp3) is 0.683. The van der Waals surface area contributed by atoms with E-state index in [4.69, 9.17) is 23.8 Å². The zero-order chi connectivity index (χ0) is 43.4. The van der Waals surface area contributed by atoms with Crippen LogP contribution in [0.1, 0.15) is 83.8 Å². The van der Waals surface area contributed by atoms with E-state index in [1.165, 1.54) is 18.1 Å². The number of fused-ring (bicyclic) bond motifs is 4. The van der Waals surface area contributed by atoms with Crippen molar-refractivity contribution in [3.8, 4) is 0 Å². The summed E-state index contributed by atoms with van der Waals surface area (Å²) in [6.45, 7) is 4.12. The van der Waals surface area contributed by atoms with Gasteiger partial charge in [-0.05, 0) is 77.0 Å². The summed E-state index contributed by atoms with van der Waals surface area (Å²) >= 11 is 0. The monoisotopic (exact) mass is 851 g/mol. The summed E-state index contributed by atoms with van der Waals surface area (Å²) in [6, 6.07) is 2.64. The van der Waals surface area contributed by atoms with E-state index in [9.17, 15) is 47.4 Å². The zero-order valence-corrected chi connectivity index (χ0v) is 33.8. The van der Waals surface area contributed by atoms with Crippen LogP contribution in [0, 0.1) is 17.3 Å². The van der Waals surface area contributed by atoms with Crippen LogP contribution in [0.25, 0.3) is 6.08 Å². The van der Waals surface area contributed by atoms with Crippen molar-refractivity contribution >= 4 is 35.8 Å². The number of nitrogens with one attached hydrogen (secondary N) is 2. The number of alkyl halides is 3. The van der Waals surface area contributed by atoms with Gasteiger partial charge in [0.15, 0.2) is 18.4 Å². The van der Waals surface area contributed by atoms with E-state index in [2.05, 4.69) is 15.4 Å². The number of carbonyl (C=O) groups excluding carboxylic acids is 5. The van der Waals surface area contributed by atoms with Crippen molar-refractivity contribution < 1.29 is 75.9 Å². The molecule has 6 fully saturated rings. The Morgan fingerprint density at radius 1 is 1.02 bits per heavy atom. The van der Waals surface area contributed by atoms with Crippen LogP contribution in [-0.2, 0) is 59.0 Å². The Morgan fingerprint density at radius 2 is 1.67 bits per heavy atom. The summed E-state index contributed by atoms with van der Waals surface area (Å²) < 4.78 is 66.5. The Morgan fingerprint density at radius 3 is 2.25 bits per heavy atom. The van der Waals surface area contributed by atoms with E-state index >= 15 is 0 Å². The molecule has 3 saturated carbocycles. The van der Waals surface area contributed by atoms with Crippen molar-refractivity contribution in [3.63, 3.8) is 0 Å². The second kappa shape index (κ2) is 16.6. The van der Waals surface area contributed by atoms with Crippen LogP contribution >= 0.6 is 0 Å². The third kappa shape index (κ3) is 9.21. The lowest BCUT2D eigenvalue weighted by Crippen LogP contribution is -2.71. The lowest BCUT2D eigenvalue weighted by Gasteiger charge is -2.49. The van der Waals surface area contributed by atoms with Crippen molar-refractivity contribution in [2.24, 2.45) is 17.3 Å². The number of ether oxygens (including phenoxy) is 5. The van der Waals surface area contributed by atoms with E-state index in [1.54, 1.807) is 45.0 Å². The Labute approximate surface area is 344 Å². The van der Waals surface area contributed by atoms with Gasteiger partial charge in [-0.1, -0.05) is 24.3 Å². The molecule has 4 N–H and O–H groups in total. The number of nitrogens with zero attached hydrogens (tertiary/aromatic N) is 1. The second-order valence-electron chi connectivity index (χ2n) is 17.7. The molecule has 19 heteroatoms. The molecule has 0 unspecified atom stereocenters. The third-order valence-electron chi connectivity index (χ3n) is 11.8. The number of aliphatic hydroxyl groups excluding tert-OH is 2. The Balaban J connectivity index is 1.12. The SMILES string of the molecule is C[C@H](O)[C@@H](NC(=O)[C@@]12C[C@H]3OC(=O)[C@@H]1N(Cc1ccc(C=CC(=O)OCC(F)(F)F)cc1)O[C@@H]2[C@H]1OC(C2CC2)(C2CC2)O[C@H]13)C(=O)N[C@H](CO)CCC(=O)OC(C)(C)C. The summed E-state index contributed by atoms with van der Waals surface area (Å²) in [6.07, 6.45) is -4.16. The maximum Gasteiger partial charge on any atom is 0.422 e. The molecule has 0 aromatic heterocycles. The molecule has 330 valence electrons. The van der Waals surface area contributed by atoms with Gasteiger partial charge in [0, 0.05) is 30.8 Å². The Hall–Kier alpha value is -4.14. The first-order valence-corrected chi connectivity index (χ1v) is 20.3. The molecule has 0 radical (unpaired) electrons. The van der Waals surface area contributed by atoms with Gasteiger partial charge in [-0.15, -0.1) is 0 Å². The minimum atomic E-state index is -4.66. The molecule has 1 aromatic rings. The molecule has 3 aliphatic heterocycles. The highest BCUT2D eigenvalue weighted by atomic mass is 19.4. The minimum absolute atomic E-state index is 0.0119. The molecule has 16 nitrogen and oxygen atoms in total. The van der Waals surface area contributed by atoms with Crippen LogP contribution in [-0.4, -0.2) is 124 Å². The molecule has 3 heterocycles. The van der Waals surface area contributed by atoms with Crippen LogP contribution < -0.4 is 10.6 Å². The number of halogens is 3. The number of rotatable bonds is 16. The maximum absolute atomic E-state index is 14.9. The Kier molecular flexibility index (Phi) is 12.2. The standard InChI is InChI=1S/C41H52F3N3O13/c1-21(49)30(35(52)45-26(19-48)14-16-29(51)57-38(2,3)4)46-37(54)39-17-27-31-32(59-41(58-31,24-10-11-24)25-12-13-25)34(39)60-47(33(39)36(53)56-27)18-23-7-5-22(6-8-23)9-15-28(50)55-20-40(42,43)44/h5-9,15,21,24-27,30-34,48-49H,10-14,16-20H2,1-4H3,(H,45,52)(H,46,54)/t21-,26-,27+,30+,31-,32-,33-,34+,39-/m0/s1. The van der Waals surface area contributed by atoms with Gasteiger partial charge in [0.1, 0.15) is 41.5 Å². The minimum Gasteiger partial charge on any atom is -0.460 e. The van der Waals surface area contributed by atoms with Crippen molar-refractivity contribution in [2.75, 3.05) is 13.2 Å². The number of benzene rings is 1. The number of hydrogen-bond acceptors (Lipinski definition) is 14. The molecule has 60 heavy (non-hydrogen) atoms. The van der Waals surface area contributed by atoms with Gasteiger partial charge in [0.25, 0.3) is 0 Å². The quantitative estimate of drug-likeness (QED) is 0.107. The van der Waals surface area contributed by atoms with Crippen molar-refractivity contribution in [2.45, 2.75) is 145 Å². The van der Waals surface area contributed by atoms with Crippen molar-refractivity contribution in [1.82, 2.24) is 15.7 Å². The highest BCUT2D eigenvalue weighted by Gasteiger charge is 2.78. The van der Waals surface area contributed by atoms with Crippen LogP contribution in [0.4, 0.5) is 13.2 Å². The maximum atomic E-state index is 14.9. The molecule has 6 aliphatic rings. The Bertz CT molecular complexity index is 1830. The number of carbonyl (C=O) groups is 5. The highest BCUT2D eigenvalue weighted by molar-refractivity contribution is 5.96. The molecule has 7 rings (SSSR count). The molecular weight excluding hydrogens is 799 g/mol. The summed E-state index contributed by atoms with van der Waals surface area (Å²) in [5, 5.41) is 27.6. The largest absolute Gasteiger partial charge is 0.460 e. The summed E-state index contributed by atoms with van der Waals surface area (Å²) in [5.41, 5.74) is -1.39. The van der Waals surface area contributed by atoms with E-state index in [-0.39, 0.29) is 37.6 Å². The number of hydrogen-bond donors (Lipinski definition) is 4. The lowest BCUT2D eigenvalue weighted by atomic mass is 9.62. The normalized spacial score (nSPS) is 29.9. The van der Waals surface area contributed by atoms with Gasteiger partial charge >= 0.3 is 24.1 Å². The number of amides is 2. The van der Waals surface area contributed by atoms with Crippen LogP contribution in [0.3, 0.4) is 0 Å². The van der Waals surface area contributed by atoms with Crippen molar-refractivity contribution in [1.29, 1.82) is 0 Å². The first-order valence-electron chi connectivity index (χ1n) is 20.3. The predicted octanol–water partition coefficient (Wildman–Crippen LogP) is 2.37. The van der Waals surface area contributed by atoms with Gasteiger partial charge < -0.3 is 44.5 Å². The van der Waals surface area contributed by atoms with Gasteiger partial charge in [-0.25, -0.2) is 4.79 Å². The van der Waals surface area contributed by atoms with Crippen LogP contribution in [0.15, 0.2) is 30.3 Å². The molecule has 0 spiro atoms. The predicted molar refractivity (Wildman–Crippen MR) is 199 cm³/mol. The molecule has 2 bridgehead atoms. The van der Waals surface area contributed by atoms with Gasteiger partial charge in [-0.2, -0.15) is 18.2 Å². The molecule has 2 amide bonds. The molecule has 3 aliphatic carbocycles. The molecule has 1 aromatic carbocycles. The smallest absolute Gasteiger partial charge is 0.422 e. The van der Waals surface area contributed by atoms with E-state index < -0.39 is 115 Å². The average Bonchev–Trinajstić information content (AvgIpc) is 4.12. The fourth-order valence-corrected chi connectivity index (χ4v) is 8.81. The van der Waals surface area contributed by atoms with Gasteiger partial charge in [0.05, 0.1) is 25.3 Å². The highest BCUT2D eigenvalue weighted by Crippen LogP contribution is 2.63. The summed E-state index contributed by atoms with van der Waals surface area (Å²) in [4.78, 5) is 73.5. The van der Waals surface area contributed by atoms with E-state index in [0.717, 1.165) is 31.8 Å². The zero-order valence-electron chi connectivity index (χ0n) is 33.8. The average molecular weight is 852 g/mol. The van der Waals surface area contributed by atoms with Crippen LogP contribution in [0.2, 0.25) is 0 Å². The first kappa shape index (κ1) is 43.9. The molecule has 3 saturated heterocycles.